The van der Waals surface area contributed by atoms with Gasteiger partial charge in [0.15, 0.2) is 0 Å². The Kier molecular flexibility index (Phi) is 4.86. The SMILES string of the molecule is O=[N+]([O-])c1cc(Cl)ccc1CNc1ccc(Cl)c(Br)c1. The van der Waals surface area contributed by atoms with Crippen LogP contribution in [0.25, 0.3) is 0 Å². The summed E-state index contributed by atoms with van der Waals surface area (Å²) in [5, 5.41) is 15.0. The van der Waals surface area contributed by atoms with Gasteiger partial charge in [-0.1, -0.05) is 23.2 Å². The molecule has 0 saturated carbocycles. The first-order valence-corrected chi connectivity index (χ1v) is 7.14. The molecule has 7 heteroatoms. The van der Waals surface area contributed by atoms with Gasteiger partial charge in [0, 0.05) is 33.4 Å². The number of hydrogen-bond donors (Lipinski definition) is 1. The van der Waals surface area contributed by atoms with Crippen molar-refractivity contribution < 1.29 is 4.92 Å². The lowest BCUT2D eigenvalue weighted by Crippen LogP contribution is -2.03. The molecule has 20 heavy (non-hydrogen) atoms. The van der Waals surface area contributed by atoms with E-state index >= 15 is 0 Å². The lowest BCUT2D eigenvalue weighted by atomic mass is 10.1. The van der Waals surface area contributed by atoms with Gasteiger partial charge in [-0.05, 0) is 46.3 Å². The molecule has 0 aliphatic rings. The summed E-state index contributed by atoms with van der Waals surface area (Å²) in [6.07, 6.45) is 0. The van der Waals surface area contributed by atoms with Gasteiger partial charge in [0.05, 0.1) is 9.95 Å². The summed E-state index contributed by atoms with van der Waals surface area (Å²) in [6, 6.07) is 9.96. The molecule has 4 nitrogen and oxygen atoms in total. The van der Waals surface area contributed by atoms with Crippen molar-refractivity contribution in [1.29, 1.82) is 0 Å². The minimum absolute atomic E-state index is 0.00182. The Balaban J connectivity index is 2.18. The maximum absolute atomic E-state index is 11.0. The van der Waals surface area contributed by atoms with Crippen molar-refractivity contribution in [2.24, 2.45) is 0 Å². The van der Waals surface area contributed by atoms with Crippen LogP contribution in [0.3, 0.4) is 0 Å². The quantitative estimate of drug-likeness (QED) is 0.584. The van der Waals surface area contributed by atoms with E-state index in [1.807, 2.05) is 6.07 Å². The van der Waals surface area contributed by atoms with E-state index in [1.165, 1.54) is 6.07 Å². The second kappa shape index (κ2) is 6.43. The predicted molar refractivity (Wildman–Crippen MR) is 84.6 cm³/mol. The number of nitrogens with zero attached hydrogens (tertiary/aromatic N) is 1. The van der Waals surface area contributed by atoms with E-state index < -0.39 is 4.92 Å². The van der Waals surface area contributed by atoms with Gasteiger partial charge in [-0.15, -0.1) is 0 Å². The summed E-state index contributed by atoms with van der Waals surface area (Å²) in [7, 11) is 0. The zero-order valence-corrected chi connectivity index (χ0v) is 13.2. The monoisotopic (exact) mass is 374 g/mol. The first-order chi connectivity index (χ1) is 9.47. The standard InChI is InChI=1S/C13H9BrCl2N2O2/c14-11-6-10(3-4-12(11)16)17-7-8-1-2-9(15)5-13(8)18(19)20/h1-6,17H,7H2. The minimum atomic E-state index is -0.444. The fraction of sp³-hybridized carbons (Fsp3) is 0.0769. The molecule has 104 valence electrons. The van der Waals surface area contributed by atoms with E-state index in [0.29, 0.717) is 22.2 Å². The molecule has 1 N–H and O–H groups in total. The molecule has 0 radical (unpaired) electrons. The van der Waals surface area contributed by atoms with Crippen LogP contribution < -0.4 is 5.32 Å². The minimum Gasteiger partial charge on any atom is -0.381 e. The molecule has 0 fully saturated rings. The number of anilines is 1. The highest BCUT2D eigenvalue weighted by atomic mass is 79.9. The third kappa shape index (κ3) is 3.62. The van der Waals surface area contributed by atoms with Crippen LogP contribution in [-0.4, -0.2) is 4.92 Å². The van der Waals surface area contributed by atoms with Crippen LogP contribution in [0, 0.1) is 10.1 Å². The molecule has 2 rings (SSSR count). The fourth-order valence-electron chi connectivity index (χ4n) is 1.66. The Bertz CT molecular complexity index is 665. The van der Waals surface area contributed by atoms with E-state index in [1.54, 1.807) is 24.3 Å². The smallest absolute Gasteiger partial charge is 0.275 e. The molecule has 0 aliphatic carbocycles. The van der Waals surface area contributed by atoms with E-state index in [2.05, 4.69) is 21.2 Å². The number of nitrogens with one attached hydrogen (secondary N) is 1. The molecule has 2 aromatic carbocycles. The average Bonchev–Trinajstić information content (AvgIpc) is 2.41. The van der Waals surface area contributed by atoms with Crippen molar-refractivity contribution in [3.63, 3.8) is 0 Å². The summed E-state index contributed by atoms with van der Waals surface area (Å²) >= 11 is 15.0. The van der Waals surface area contributed by atoms with Gasteiger partial charge in [-0.25, -0.2) is 0 Å². The second-order valence-electron chi connectivity index (χ2n) is 4.01. The molecule has 0 amide bonds. The number of rotatable bonds is 4. The number of hydrogen-bond acceptors (Lipinski definition) is 3. The maximum Gasteiger partial charge on any atom is 0.275 e. The Labute approximate surface area is 134 Å². The molecule has 0 spiro atoms. The maximum atomic E-state index is 11.0. The molecule has 0 aromatic heterocycles. The molecule has 0 heterocycles. The highest BCUT2D eigenvalue weighted by molar-refractivity contribution is 9.10. The van der Waals surface area contributed by atoms with Crippen LogP contribution in [0.1, 0.15) is 5.56 Å². The zero-order chi connectivity index (χ0) is 14.7. The van der Waals surface area contributed by atoms with Gasteiger partial charge in [-0.3, -0.25) is 10.1 Å². The van der Waals surface area contributed by atoms with Crippen LogP contribution in [0.5, 0.6) is 0 Å². The van der Waals surface area contributed by atoms with Crippen molar-refractivity contribution in [1.82, 2.24) is 0 Å². The number of benzene rings is 2. The molecular formula is C13H9BrCl2N2O2. The first kappa shape index (κ1) is 15.1. The summed E-state index contributed by atoms with van der Waals surface area (Å²) < 4.78 is 0.759. The molecule has 0 atom stereocenters. The number of halogens is 3. The topological polar surface area (TPSA) is 55.2 Å². The third-order valence-electron chi connectivity index (χ3n) is 2.65. The van der Waals surface area contributed by atoms with E-state index in [0.717, 1.165) is 10.2 Å². The highest BCUT2D eigenvalue weighted by Gasteiger charge is 2.13. The van der Waals surface area contributed by atoms with Gasteiger partial charge in [-0.2, -0.15) is 0 Å². The molecule has 0 aliphatic heterocycles. The third-order valence-corrected chi connectivity index (χ3v) is 4.10. The second-order valence-corrected chi connectivity index (χ2v) is 5.71. The lowest BCUT2D eigenvalue weighted by Gasteiger charge is -2.08. The average molecular weight is 376 g/mol. The van der Waals surface area contributed by atoms with Gasteiger partial charge in [0.2, 0.25) is 0 Å². The summed E-state index contributed by atoms with van der Waals surface area (Å²) in [5.74, 6) is 0. The van der Waals surface area contributed by atoms with E-state index in [4.69, 9.17) is 23.2 Å². The van der Waals surface area contributed by atoms with Crippen molar-refractivity contribution in [3.8, 4) is 0 Å². The first-order valence-electron chi connectivity index (χ1n) is 5.59. The normalized spacial score (nSPS) is 10.3. The summed E-state index contributed by atoms with van der Waals surface area (Å²) in [5.41, 5.74) is 1.37. The van der Waals surface area contributed by atoms with Crippen LogP contribution >= 0.6 is 39.1 Å². The van der Waals surface area contributed by atoms with Crippen LogP contribution in [0.4, 0.5) is 11.4 Å². The molecular weight excluding hydrogens is 367 g/mol. The van der Waals surface area contributed by atoms with Crippen LogP contribution in [0.15, 0.2) is 40.9 Å². The van der Waals surface area contributed by atoms with E-state index in [-0.39, 0.29) is 5.69 Å². The largest absolute Gasteiger partial charge is 0.381 e. The summed E-state index contributed by atoms with van der Waals surface area (Å²) in [6.45, 7) is 0.321. The number of nitro groups is 1. The molecule has 2 aromatic rings. The number of nitro benzene ring substituents is 1. The molecule has 0 unspecified atom stereocenters. The predicted octanol–water partition coefficient (Wildman–Crippen LogP) is 5.28. The van der Waals surface area contributed by atoms with Gasteiger partial charge >= 0.3 is 0 Å². The molecule has 0 bridgehead atoms. The summed E-state index contributed by atoms with van der Waals surface area (Å²) in [4.78, 5) is 10.5. The van der Waals surface area contributed by atoms with Gasteiger partial charge < -0.3 is 5.32 Å². The fourth-order valence-corrected chi connectivity index (χ4v) is 2.32. The van der Waals surface area contributed by atoms with Crippen molar-refractivity contribution in [2.45, 2.75) is 6.54 Å². The van der Waals surface area contributed by atoms with Crippen LogP contribution in [0.2, 0.25) is 10.0 Å². The van der Waals surface area contributed by atoms with Crippen LogP contribution in [-0.2, 0) is 6.54 Å². The Morgan fingerprint density at radius 3 is 2.60 bits per heavy atom. The highest BCUT2D eigenvalue weighted by Crippen LogP contribution is 2.27. The Morgan fingerprint density at radius 2 is 1.95 bits per heavy atom. The van der Waals surface area contributed by atoms with Gasteiger partial charge in [0.25, 0.3) is 5.69 Å². The lowest BCUT2D eigenvalue weighted by molar-refractivity contribution is -0.385. The van der Waals surface area contributed by atoms with E-state index in [9.17, 15) is 10.1 Å². The van der Waals surface area contributed by atoms with Crippen molar-refractivity contribution >= 4 is 50.5 Å². The Morgan fingerprint density at radius 1 is 1.20 bits per heavy atom. The Hall–Kier alpha value is -1.30. The van der Waals surface area contributed by atoms with Crippen molar-refractivity contribution in [3.05, 3.63) is 66.6 Å². The van der Waals surface area contributed by atoms with Gasteiger partial charge in [0.1, 0.15) is 0 Å². The molecule has 0 saturated heterocycles. The zero-order valence-electron chi connectivity index (χ0n) is 10.1. The van der Waals surface area contributed by atoms with Crippen molar-refractivity contribution in [2.75, 3.05) is 5.32 Å².